The number of nitrogens with one attached hydrogen (secondary N) is 1. The monoisotopic (exact) mass is 286 g/mol. The van der Waals surface area contributed by atoms with Gasteiger partial charge in [0.1, 0.15) is 0 Å². The van der Waals surface area contributed by atoms with E-state index in [1.54, 1.807) is 12.4 Å². The molecule has 3 rings (SSSR count). The first-order valence-electron chi connectivity index (χ1n) is 7.71. The van der Waals surface area contributed by atoms with E-state index in [4.69, 9.17) is 4.52 Å². The molecule has 0 spiro atoms. The van der Waals surface area contributed by atoms with Gasteiger partial charge in [0.25, 0.3) is 0 Å². The predicted molar refractivity (Wildman–Crippen MR) is 80.9 cm³/mol. The number of likely N-dealkylation sites (N-methyl/N-ethyl adjacent to an activating group) is 1. The molecule has 21 heavy (non-hydrogen) atoms. The third kappa shape index (κ3) is 2.97. The molecule has 0 amide bonds. The van der Waals surface area contributed by atoms with E-state index in [1.807, 2.05) is 20.0 Å². The lowest BCUT2D eigenvalue weighted by molar-refractivity contribution is 0.311. The number of hydrogen-bond donors (Lipinski definition) is 1. The Morgan fingerprint density at radius 1 is 1.24 bits per heavy atom. The molecule has 1 fully saturated rings. The van der Waals surface area contributed by atoms with Crippen LogP contribution in [0.3, 0.4) is 0 Å². The van der Waals surface area contributed by atoms with Crippen molar-refractivity contribution in [3.05, 3.63) is 29.9 Å². The summed E-state index contributed by atoms with van der Waals surface area (Å²) < 4.78 is 5.57. The van der Waals surface area contributed by atoms with E-state index in [2.05, 4.69) is 20.4 Å². The minimum absolute atomic E-state index is 0.315. The van der Waals surface area contributed by atoms with Gasteiger partial charge in [-0.15, -0.1) is 0 Å². The molecule has 2 aromatic heterocycles. The van der Waals surface area contributed by atoms with Crippen LogP contribution < -0.4 is 5.32 Å². The summed E-state index contributed by atoms with van der Waals surface area (Å²) in [6.45, 7) is 2.04. The van der Waals surface area contributed by atoms with Crippen LogP contribution in [0, 0.1) is 6.92 Å². The minimum atomic E-state index is 0.315. The summed E-state index contributed by atoms with van der Waals surface area (Å²) in [6, 6.07) is 2.39. The van der Waals surface area contributed by atoms with Gasteiger partial charge < -0.3 is 9.84 Å². The van der Waals surface area contributed by atoms with Gasteiger partial charge in [0.2, 0.25) is 11.7 Å². The molecule has 2 aromatic rings. The van der Waals surface area contributed by atoms with Gasteiger partial charge in [0.15, 0.2) is 0 Å². The molecule has 0 aliphatic heterocycles. The van der Waals surface area contributed by atoms with Crippen LogP contribution in [-0.2, 0) is 0 Å². The average molecular weight is 286 g/mol. The van der Waals surface area contributed by atoms with Crippen molar-refractivity contribution in [2.24, 2.45) is 0 Å². The largest absolute Gasteiger partial charge is 0.339 e. The van der Waals surface area contributed by atoms with Crippen molar-refractivity contribution in [1.29, 1.82) is 0 Å². The maximum absolute atomic E-state index is 5.57. The molecule has 5 nitrogen and oxygen atoms in total. The second-order valence-corrected chi connectivity index (χ2v) is 5.79. The third-order valence-corrected chi connectivity index (χ3v) is 4.43. The first-order chi connectivity index (χ1) is 10.3. The SMILES string of the molecule is CNC1CCCCCC1c1nc(-c2cnccc2C)no1. The van der Waals surface area contributed by atoms with E-state index in [0.29, 0.717) is 17.8 Å². The van der Waals surface area contributed by atoms with Gasteiger partial charge >= 0.3 is 0 Å². The highest BCUT2D eigenvalue weighted by Crippen LogP contribution is 2.32. The third-order valence-electron chi connectivity index (χ3n) is 4.43. The fourth-order valence-corrected chi connectivity index (χ4v) is 3.14. The van der Waals surface area contributed by atoms with Crippen LogP contribution >= 0.6 is 0 Å². The molecule has 1 N–H and O–H groups in total. The molecule has 0 aromatic carbocycles. The van der Waals surface area contributed by atoms with Crippen LogP contribution in [0.2, 0.25) is 0 Å². The van der Waals surface area contributed by atoms with Gasteiger partial charge in [0, 0.05) is 24.0 Å². The zero-order valence-electron chi connectivity index (χ0n) is 12.7. The molecule has 0 saturated heterocycles. The molecule has 0 bridgehead atoms. The van der Waals surface area contributed by atoms with Crippen LogP contribution in [0.25, 0.3) is 11.4 Å². The fourth-order valence-electron chi connectivity index (χ4n) is 3.14. The molecule has 5 heteroatoms. The van der Waals surface area contributed by atoms with Crippen LogP contribution in [-0.4, -0.2) is 28.2 Å². The lowest BCUT2D eigenvalue weighted by atomic mass is 9.95. The van der Waals surface area contributed by atoms with Crippen LogP contribution in [0.4, 0.5) is 0 Å². The van der Waals surface area contributed by atoms with E-state index in [-0.39, 0.29) is 0 Å². The lowest BCUT2D eigenvalue weighted by Gasteiger charge is -2.20. The van der Waals surface area contributed by atoms with Crippen LogP contribution in [0.1, 0.15) is 49.5 Å². The maximum atomic E-state index is 5.57. The summed E-state index contributed by atoms with van der Waals surface area (Å²) in [7, 11) is 2.02. The standard InChI is InChI=1S/C16H22N4O/c1-11-8-9-18-10-13(11)15-19-16(21-20-15)12-6-4-3-5-7-14(12)17-2/h8-10,12,14,17H,3-7H2,1-2H3. The first-order valence-corrected chi connectivity index (χ1v) is 7.71. The normalized spacial score (nSPS) is 23.0. The molecule has 1 aliphatic rings. The van der Waals surface area contributed by atoms with Crippen LogP contribution in [0.5, 0.6) is 0 Å². The molecule has 1 aliphatic carbocycles. The van der Waals surface area contributed by atoms with Crippen molar-refractivity contribution >= 4 is 0 Å². The zero-order chi connectivity index (χ0) is 14.7. The highest BCUT2D eigenvalue weighted by molar-refractivity contribution is 5.57. The zero-order valence-corrected chi connectivity index (χ0v) is 12.7. The molecule has 2 atom stereocenters. The van der Waals surface area contributed by atoms with E-state index in [9.17, 15) is 0 Å². The van der Waals surface area contributed by atoms with E-state index in [0.717, 1.165) is 23.4 Å². The van der Waals surface area contributed by atoms with Gasteiger partial charge in [-0.05, 0) is 38.4 Å². The second-order valence-electron chi connectivity index (χ2n) is 5.79. The van der Waals surface area contributed by atoms with Crippen molar-refractivity contribution in [3.63, 3.8) is 0 Å². The summed E-state index contributed by atoms with van der Waals surface area (Å²) in [5, 5.41) is 7.58. The number of aromatic nitrogens is 3. The number of pyridine rings is 1. The Kier molecular flexibility index (Phi) is 4.29. The highest BCUT2D eigenvalue weighted by Gasteiger charge is 2.29. The quantitative estimate of drug-likeness (QED) is 0.878. The number of aryl methyl sites for hydroxylation is 1. The topological polar surface area (TPSA) is 63.8 Å². The van der Waals surface area contributed by atoms with Crippen molar-refractivity contribution in [1.82, 2.24) is 20.4 Å². The molecule has 0 radical (unpaired) electrons. The summed E-state index contributed by atoms with van der Waals surface area (Å²) in [5.41, 5.74) is 2.06. The van der Waals surface area contributed by atoms with E-state index < -0.39 is 0 Å². The maximum Gasteiger partial charge on any atom is 0.231 e. The Hall–Kier alpha value is -1.75. The highest BCUT2D eigenvalue weighted by atomic mass is 16.5. The lowest BCUT2D eigenvalue weighted by Crippen LogP contribution is -2.31. The molecule has 1 saturated carbocycles. The van der Waals surface area contributed by atoms with Gasteiger partial charge in [-0.1, -0.05) is 24.4 Å². The second kappa shape index (κ2) is 6.35. The molecule has 112 valence electrons. The molecule has 2 heterocycles. The van der Waals surface area contributed by atoms with E-state index in [1.165, 1.54) is 25.7 Å². The number of hydrogen-bond acceptors (Lipinski definition) is 5. The first kappa shape index (κ1) is 14.2. The summed E-state index contributed by atoms with van der Waals surface area (Å²) in [5.74, 6) is 1.72. The Morgan fingerprint density at radius 2 is 2.10 bits per heavy atom. The molecular weight excluding hydrogens is 264 g/mol. The fraction of sp³-hybridized carbons (Fsp3) is 0.562. The van der Waals surface area contributed by atoms with Crippen LogP contribution in [0.15, 0.2) is 23.0 Å². The Morgan fingerprint density at radius 3 is 2.90 bits per heavy atom. The van der Waals surface area contributed by atoms with Gasteiger partial charge in [-0.25, -0.2) is 0 Å². The van der Waals surface area contributed by atoms with Crippen molar-refractivity contribution in [2.45, 2.75) is 51.0 Å². The molecule has 2 unspecified atom stereocenters. The smallest absolute Gasteiger partial charge is 0.231 e. The van der Waals surface area contributed by atoms with Crippen molar-refractivity contribution < 1.29 is 4.52 Å². The Balaban J connectivity index is 1.88. The predicted octanol–water partition coefficient (Wildman–Crippen LogP) is 3.08. The van der Waals surface area contributed by atoms with E-state index >= 15 is 0 Å². The summed E-state index contributed by atoms with van der Waals surface area (Å²) in [6.07, 6.45) is 9.65. The van der Waals surface area contributed by atoms with Gasteiger partial charge in [-0.3, -0.25) is 4.98 Å². The van der Waals surface area contributed by atoms with Crippen molar-refractivity contribution in [2.75, 3.05) is 7.05 Å². The average Bonchev–Trinajstić information content (AvgIpc) is 2.85. The van der Waals surface area contributed by atoms with Crippen molar-refractivity contribution in [3.8, 4) is 11.4 Å². The number of rotatable bonds is 3. The minimum Gasteiger partial charge on any atom is -0.339 e. The summed E-state index contributed by atoms with van der Waals surface area (Å²) in [4.78, 5) is 8.80. The molecular formula is C16H22N4O. The summed E-state index contributed by atoms with van der Waals surface area (Å²) >= 11 is 0. The van der Waals surface area contributed by atoms with Gasteiger partial charge in [0.05, 0.1) is 5.92 Å². The van der Waals surface area contributed by atoms with Gasteiger partial charge in [-0.2, -0.15) is 4.98 Å². The Labute approximate surface area is 125 Å². The number of nitrogens with zero attached hydrogens (tertiary/aromatic N) is 3. The Bertz CT molecular complexity index is 595.